The van der Waals surface area contributed by atoms with Crippen LogP contribution in [0.2, 0.25) is 0 Å². The molecule has 1 aromatic heterocycles. The minimum atomic E-state index is -0.445. The Hall–Kier alpha value is -3.27. The first-order valence-corrected chi connectivity index (χ1v) is 9.16. The number of primary amides is 1. The lowest BCUT2D eigenvalue weighted by molar-refractivity contribution is -0.117. The maximum Gasteiger partial charge on any atom is 0.223 e. The van der Waals surface area contributed by atoms with Crippen LogP contribution in [0, 0.1) is 0 Å². The van der Waals surface area contributed by atoms with Crippen molar-refractivity contribution >= 4 is 45.5 Å². The van der Waals surface area contributed by atoms with Gasteiger partial charge >= 0.3 is 0 Å². The normalized spacial score (nSPS) is 11.2. The van der Waals surface area contributed by atoms with Crippen molar-refractivity contribution < 1.29 is 14.0 Å². The van der Waals surface area contributed by atoms with Gasteiger partial charge in [0.15, 0.2) is 5.75 Å². The van der Waals surface area contributed by atoms with Crippen molar-refractivity contribution in [3.8, 4) is 11.4 Å². The number of carbonyl (C=O) groups excluding carboxylic acids is 1. The lowest BCUT2D eigenvalue weighted by Gasteiger charge is -2.08. The minimum Gasteiger partial charge on any atom is -0.399 e. The number of amides is 1. The van der Waals surface area contributed by atoms with E-state index in [1.165, 1.54) is 0 Å². The molecule has 0 aliphatic rings. The van der Waals surface area contributed by atoms with Crippen molar-refractivity contribution in [2.45, 2.75) is 6.42 Å². The van der Waals surface area contributed by atoms with Gasteiger partial charge in [-0.05, 0) is 41.8 Å². The highest BCUT2D eigenvalue weighted by Gasteiger charge is 2.16. The Kier molecular flexibility index (Phi) is 4.78. The van der Waals surface area contributed by atoms with Gasteiger partial charge < -0.3 is 16.4 Å². The maximum absolute atomic E-state index is 11.5. The zero-order valence-corrected chi connectivity index (χ0v) is 15.5. The molecule has 9 heteroatoms. The van der Waals surface area contributed by atoms with Crippen molar-refractivity contribution in [3.05, 3.63) is 60.3 Å². The highest BCUT2D eigenvalue weighted by atomic mass is 32.2. The molecule has 0 fully saturated rings. The van der Waals surface area contributed by atoms with Crippen LogP contribution in [0.1, 0.15) is 5.69 Å². The molecule has 8 nitrogen and oxygen atoms in total. The van der Waals surface area contributed by atoms with Gasteiger partial charge in [0.25, 0.3) is 0 Å². The van der Waals surface area contributed by atoms with Gasteiger partial charge in [-0.1, -0.05) is 22.5 Å². The van der Waals surface area contributed by atoms with Crippen LogP contribution in [0.15, 0.2) is 54.6 Å². The number of nitrogens with two attached hydrogens (primary N) is 3. The van der Waals surface area contributed by atoms with Gasteiger partial charge in [0.2, 0.25) is 5.91 Å². The lowest BCUT2D eigenvalue weighted by Crippen LogP contribution is -2.14. The number of hydrogen-bond acceptors (Lipinski definition) is 7. The smallest absolute Gasteiger partial charge is 0.223 e. The Labute approximate surface area is 164 Å². The average molecular weight is 395 g/mol. The second kappa shape index (κ2) is 7.39. The largest absolute Gasteiger partial charge is 0.399 e. The van der Waals surface area contributed by atoms with E-state index < -0.39 is 5.91 Å². The van der Waals surface area contributed by atoms with Gasteiger partial charge in [0.1, 0.15) is 12.2 Å². The molecular formula is C19H17N5O3S. The fourth-order valence-electron chi connectivity index (χ4n) is 3.19. The molecule has 3 aromatic carbocycles. The van der Waals surface area contributed by atoms with E-state index in [1.54, 1.807) is 16.8 Å². The Balaban J connectivity index is 1.93. The van der Waals surface area contributed by atoms with Crippen LogP contribution >= 0.6 is 12.2 Å². The number of hydrogen-bond donors (Lipinski definition) is 3. The zero-order valence-electron chi connectivity index (χ0n) is 14.7. The predicted molar refractivity (Wildman–Crippen MR) is 109 cm³/mol. The summed E-state index contributed by atoms with van der Waals surface area (Å²) in [6.45, 7) is 0. The summed E-state index contributed by atoms with van der Waals surface area (Å²) in [6, 6.07) is 16.7. The highest BCUT2D eigenvalue weighted by Crippen LogP contribution is 2.31. The number of aromatic nitrogens is 2. The summed E-state index contributed by atoms with van der Waals surface area (Å²) in [6.07, 6.45) is 0.0417. The molecule has 142 valence electrons. The molecule has 0 radical (unpaired) electrons. The molecule has 0 spiro atoms. The second-order valence-corrected chi connectivity index (χ2v) is 6.51. The first-order valence-electron chi connectivity index (χ1n) is 8.35. The van der Waals surface area contributed by atoms with Crippen LogP contribution in [-0.2, 0) is 15.5 Å². The fraction of sp³-hybridized carbons (Fsp3) is 0.0526. The Bertz CT molecular complexity index is 1170. The van der Waals surface area contributed by atoms with E-state index in [-0.39, 0.29) is 6.42 Å². The molecule has 28 heavy (non-hydrogen) atoms. The summed E-state index contributed by atoms with van der Waals surface area (Å²) < 4.78 is 6.44. The standard InChI is InChI=1S/C19H17N5O3S/c20-12-3-1-11-2-8-15-17(10-18(21)25)23-24(19(15)16(11)9-12)13-4-6-14(7-5-13)26-27-28-22/h1-9H,10,20,22H2,(H2,21,25). The molecule has 4 rings (SSSR count). The summed E-state index contributed by atoms with van der Waals surface area (Å²) in [5.41, 5.74) is 14.3. The van der Waals surface area contributed by atoms with Crippen molar-refractivity contribution in [1.82, 2.24) is 9.78 Å². The third-order valence-corrected chi connectivity index (χ3v) is 4.50. The van der Waals surface area contributed by atoms with E-state index in [1.807, 2.05) is 42.5 Å². The third kappa shape index (κ3) is 3.33. The molecule has 0 aliphatic heterocycles. The average Bonchev–Trinajstić information content (AvgIpc) is 3.05. The summed E-state index contributed by atoms with van der Waals surface area (Å²) in [5.74, 6) is 0.0454. The third-order valence-electron chi connectivity index (χ3n) is 4.35. The monoisotopic (exact) mass is 395 g/mol. The summed E-state index contributed by atoms with van der Waals surface area (Å²) >= 11 is 0.615. The van der Waals surface area contributed by atoms with Gasteiger partial charge in [-0.2, -0.15) is 5.10 Å². The van der Waals surface area contributed by atoms with Crippen LogP contribution in [0.5, 0.6) is 5.75 Å². The van der Waals surface area contributed by atoms with E-state index in [2.05, 4.69) is 9.43 Å². The van der Waals surface area contributed by atoms with Crippen LogP contribution in [0.25, 0.3) is 27.4 Å². The van der Waals surface area contributed by atoms with Crippen LogP contribution in [0.4, 0.5) is 5.69 Å². The Morgan fingerprint density at radius 3 is 2.54 bits per heavy atom. The van der Waals surface area contributed by atoms with Crippen molar-refractivity contribution in [2.75, 3.05) is 5.73 Å². The number of rotatable bonds is 6. The second-order valence-electron chi connectivity index (χ2n) is 6.19. The minimum absolute atomic E-state index is 0.0417. The lowest BCUT2D eigenvalue weighted by atomic mass is 10.0. The first kappa shape index (κ1) is 18.1. The highest BCUT2D eigenvalue weighted by molar-refractivity contribution is 7.92. The van der Waals surface area contributed by atoms with Crippen LogP contribution in [-0.4, -0.2) is 15.7 Å². The van der Waals surface area contributed by atoms with Crippen molar-refractivity contribution in [3.63, 3.8) is 0 Å². The SMILES string of the molecule is NSOOc1ccc(-n2nc(CC(N)=O)c3ccc4ccc(N)cc4c32)cc1. The maximum atomic E-state index is 11.5. The molecule has 1 heterocycles. The zero-order chi connectivity index (χ0) is 19.7. The summed E-state index contributed by atoms with van der Waals surface area (Å²) in [7, 11) is 0. The van der Waals surface area contributed by atoms with E-state index in [0.29, 0.717) is 29.4 Å². The molecule has 0 atom stereocenters. The predicted octanol–water partition coefficient (Wildman–Crippen LogP) is 2.62. The van der Waals surface area contributed by atoms with Crippen LogP contribution in [0.3, 0.4) is 0 Å². The quantitative estimate of drug-likeness (QED) is 0.150. The Morgan fingerprint density at radius 1 is 1.07 bits per heavy atom. The van der Waals surface area contributed by atoms with Gasteiger partial charge in [-0.3, -0.25) is 9.93 Å². The van der Waals surface area contributed by atoms with E-state index in [0.717, 1.165) is 27.4 Å². The molecule has 0 saturated heterocycles. The number of fused-ring (bicyclic) bond motifs is 3. The van der Waals surface area contributed by atoms with Gasteiger partial charge in [-0.15, -0.1) is 0 Å². The summed E-state index contributed by atoms with van der Waals surface area (Å²) in [5, 5.41) is 12.6. The van der Waals surface area contributed by atoms with Gasteiger partial charge in [-0.25, -0.2) is 4.68 Å². The molecule has 4 aromatic rings. The van der Waals surface area contributed by atoms with Crippen molar-refractivity contribution in [1.29, 1.82) is 0 Å². The number of benzene rings is 3. The van der Waals surface area contributed by atoms with Gasteiger partial charge in [0, 0.05) is 16.5 Å². The topological polar surface area (TPSA) is 131 Å². The van der Waals surface area contributed by atoms with E-state index in [9.17, 15) is 4.79 Å². The molecule has 6 N–H and O–H groups in total. The molecule has 0 unspecified atom stereocenters. The fourth-order valence-corrected chi connectivity index (χ4v) is 3.31. The van der Waals surface area contributed by atoms with Crippen molar-refractivity contribution in [2.24, 2.45) is 10.9 Å². The first-order chi connectivity index (χ1) is 13.6. The summed E-state index contributed by atoms with van der Waals surface area (Å²) in [4.78, 5) is 16.5. The van der Waals surface area contributed by atoms with Gasteiger partial charge in [0.05, 0.1) is 23.3 Å². The number of nitrogen functional groups attached to an aromatic ring is 1. The number of nitrogens with zero attached hydrogens (tertiary/aromatic N) is 2. The number of carbonyl (C=O) groups is 1. The van der Waals surface area contributed by atoms with E-state index >= 15 is 0 Å². The Morgan fingerprint density at radius 2 is 1.82 bits per heavy atom. The van der Waals surface area contributed by atoms with Crippen LogP contribution < -0.4 is 21.5 Å². The molecular weight excluding hydrogens is 378 g/mol. The van der Waals surface area contributed by atoms with E-state index in [4.69, 9.17) is 21.5 Å². The molecule has 0 saturated carbocycles. The molecule has 0 bridgehead atoms. The number of anilines is 1. The molecule has 1 amide bonds. The molecule has 0 aliphatic carbocycles.